The highest BCUT2D eigenvalue weighted by atomic mass is 32.2. The van der Waals surface area contributed by atoms with Gasteiger partial charge in [-0.1, -0.05) is 25.0 Å². The summed E-state index contributed by atoms with van der Waals surface area (Å²) in [4.78, 5) is 18.8. The zero-order chi connectivity index (χ0) is 17.9. The number of carboxylic acids is 1. The Hall–Kier alpha value is -1.99. The quantitative estimate of drug-likeness (QED) is 0.692. The smallest absolute Gasteiger partial charge is 0.329 e. The minimum Gasteiger partial charge on any atom is -0.480 e. The van der Waals surface area contributed by atoms with Gasteiger partial charge in [0.25, 0.3) is 0 Å². The average molecular weight is 373 g/mol. The van der Waals surface area contributed by atoms with Gasteiger partial charge in [-0.25, -0.2) is 4.79 Å². The van der Waals surface area contributed by atoms with E-state index in [4.69, 9.17) is 14.8 Å². The maximum absolute atomic E-state index is 10.5. The topological polar surface area (TPSA) is 86.7 Å². The van der Waals surface area contributed by atoms with Crippen molar-refractivity contribution in [3.63, 3.8) is 0 Å². The summed E-state index contributed by atoms with van der Waals surface area (Å²) >= 11 is 1.69. The van der Waals surface area contributed by atoms with Gasteiger partial charge in [0, 0.05) is 17.2 Å². The van der Waals surface area contributed by atoms with Crippen molar-refractivity contribution >= 4 is 39.4 Å². The highest BCUT2D eigenvalue weighted by molar-refractivity contribution is 8.14. The normalized spacial score (nSPS) is 20.6. The van der Waals surface area contributed by atoms with E-state index in [9.17, 15) is 4.79 Å². The number of aromatic nitrogens is 1. The van der Waals surface area contributed by atoms with Gasteiger partial charge in [-0.3, -0.25) is 4.99 Å². The Kier molecular flexibility index (Phi) is 5.17. The molecule has 1 aliphatic heterocycles. The first-order valence-electron chi connectivity index (χ1n) is 9.08. The number of nitrogens with zero attached hydrogens (tertiary/aromatic N) is 1. The Morgan fingerprint density at radius 2 is 2.23 bits per heavy atom. The molecule has 6 nitrogen and oxygen atoms in total. The van der Waals surface area contributed by atoms with E-state index in [1.54, 1.807) is 11.8 Å². The monoisotopic (exact) mass is 373 g/mol. The Bertz CT molecular complexity index is 827. The molecule has 1 aromatic heterocycles. The number of ether oxygens (including phenoxy) is 1. The zero-order valence-corrected chi connectivity index (χ0v) is 15.3. The SMILES string of the molecule is O=C(O)COC[C@@H]1CSC(c2cc3cccc(NC4CCCC4)c3[nH]2)=N1. The van der Waals surface area contributed by atoms with Crippen molar-refractivity contribution in [1.82, 2.24) is 4.98 Å². The zero-order valence-electron chi connectivity index (χ0n) is 14.5. The van der Waals surface area contributed by atoms with Crippen molar-refractivity contribution in [1.29, 1.82) is 0 Å². The number of anilines is 1. The third kappa shape index (κ3) is 3.88. The number of benzene rings is 1. The van der Waals surface area contributed by atoms with Gasteiger partial charge in [-0.2, -0.15) is 0 Å². The number of hydrogen-bond donors (Lipinski definition) is 3. The maximum atomic E-state index is 10.5. The second-order valence-electron chi connectivity index (χ2n) is 6.89. The third-order valence-electron chi connectivity index (χ3n) is 4.85. The van der Waals surface area contributed by atoms with Crippen molar-refractivity contribution < 1.29 is 14.6 Å². The van der Waals surface area contributed by atoms with Crippen LogP contribution in [-0.4, -0.2) is 52.2 Å². The molecule has 0 radical (unpaired) electrons. The lowest BCUT2D eigenvalue weighted by Crippen LogP contribution is -2.17. The van der Waals surface area contributed by atoms with Crippen LogP contribution in [0, 0.1) is 0 Å². The number of hydrogen-bond acceptors (Lipinski definition) is 5. The summed E-state index contributed by atoms with van der Waals surface area (Å²) in [6, 6.07) is 9.05. The molecule has 3 N–H and O–H groups in total. The van der Waals surface area contributed by atoms with E-state index in [0.717, 1.165) is 27.7 Å². The first-order chi connectivity index (χ1) is 12.7. The molecule has 1 aromatic carbocycles. The molecular formula is C19H23N3O3S. The Balaban J connectivity index is 1.49. The summed E-state index contributed by atoms with van der Waals surface area (Å²) in [5.41, 5.74) is 3.31. The maximum Gasteiger partial charge on any atom is 0.329 e. The fraction of sp³-hybridized carbons (Fsp3) is 0.474. The van der Waals surface area contributed by atoms with Gasteiger partial charge in [-0.05, 0) is 25.0 Å². The largest absolute Gasteiger partial charge is 0.480 e. The number of rotatable bonds is 7. The summed E-state index contributed by atoms with van der Waals surface area (Å²) < 4.78 is 5.18. The van der Waals surface area contributed by atoms with Crippen molar-refractivity contribution in [2.75, 3.05) is 24.3 Å². The minimum absolute atomic E-state index is 0.0110. The molecule has 0 saturated heterocycles. The summed E-state index contributed by atoms with van der Waals surface area (Å²) in [7, 11) is 0. The molecular weight excluding hydrogens is 350 g/mol. The second kappa shape index (κ2) is 7.72. The number of aromatic amines is 1. The fourth-order valence-electron chi connectivity index (χ4n) is 3.61. The molecule has 0 amide bonds. The summed E-state index contributed by atoms with van der Waals surface area (Å²) in [6.45, 7) is 0.0755. The van der Waals surface area contributed by atoms with E-state index in [2.05, 4.69) is 34.6 Å². The van der Waals surface area contributed by atoms with Crippen LogP contribution in [0.1, 0.15) is 31.4 Å². The molecule has 2 aromatic rings. The van der Waals surface area contributed by atoms with E-state index in [-0.39, 0.29) is 12.6 Å². The van der Waals surface area contributed by atoms with Gasteiger partial charge < -0.3 is 20.1 Å². The van der Waals surface area contributed by atoms with Crippen LogP contribution in [0.5, 0.6) is 0 Å². The molecule has 26 heavy (non-hydrogen) atoms. The van der Waals surface area contributed by atoms with Gasteiger partial charge >= 0.3 is 5.97 Å². The lowest BCUT2D eigenvalue weighted by atomic mass is 10.2. The Labute approximate surface area is 156 Å². The lowest BCUT2D eigenvalue weighted by Gasteiger charge is -2.14. The highest BCUT2D eigenvalue weighted by Gasteiger charge is 2.22. The van der Waals surface area contributed by atoms with Gasteiger partial charge in [0.2, 0.25) is 0 Å². The number of thioether (sulfide) groups is 1. The number of nitrogens with one attached hydrogen (secondary N) is 2. The van der Waals surface area contributed by atoms with Gasteiger partial charge in [0.05, 0.1) is 29.5 Å². The second-order valence-corrected chi connectivity index (χ2v) is 7.90. The van der Waals surface area contributed by atoms with E-state index in [1.165, 1.54) is 31.1 Å². The average Bonchev–Trinajstić information content (AvgIpc) is 3.35. The predicted octanol–water partition coefficient (Wildman–Crippen LogP) is 3.49. The van der Waals surface area contributed by atoms with Gasteiger partial charge in [0.15, 0.2) is 0 Å². The standard InChI is InChI=1S/C19H23N3O3S/c23-17(24)10-25-9-14-11-26-19(21-14)16-8-12-4-3-7-15(18(12)22-16)20-13-5-1-2-6-13/h3-4,7-8,13-14,20,22H,1-2,5-6,9-11H2,(H,23,24)/t14-/m1/s1. The molecule has 1 saturated carbocycles. The van der Waals surface area contributed by atoms with E-state index < -0.39 is 5.97 Å². The van der Waals surface area contributed by atoms with Crippen LogP contribution in [0.4, 0.5) is 5.69 Å². The van der Waals surface area contributed by atoms with Crippen molar-refractivity contribution in [3.8, 4) is 0 Å². The lowest BCUT2D eigenvalue weighted by molar-refractivity contribution is -0.142. The number of aliphatic imine (C=N–C) groups is 1. The first-order valence-corrected chi connectivity index (χ1v) is 10.1. The molecule has 7 heteroatoms. The number of para-hydroxylation sites is 1. The number of aliphatic carboxylic acids is 1. The number of fused-ring (bicyclic) bond motifs is 1. The van der Waals surface area contributed by atoms with E-state index in [1.807, 2.05) is 0 Å². The Morgan fingerprint density at radius 3 is 3.04 bits per heavy atom. The first kappa shape index (κ1) is 17.4. The van der Waals surface area contributed by atoms with E-state index >= 15 is 0 Å². The molecule has 0 bridgehead atoms. The van der Waals surface area contributed by atoms with Crippen molar-refractivity contribution in [2.24, 2.45) is 4.99 Å². The predicted molar refractivity (Wildman–Crippen MR) is 105 cm³/mol. The number of carbonyl (C=O) groups is 1. The van der Waals surface area contributed by atoms with Crippen LogP contribution in [0.2, 0.25) is 0 Å². The minimum atomic E-state index is -0.947. The van der Waals surface area contributed by atoms with Gasteiger partial charge in [-0.15, -0.1) is 11.8 Å². The molecule has 1 fully saturated rings. The summed E-state index contributed by atoms with van der Waals surface area (Å²) in [5, 5.41) is 14.5. The molecule has 2 aliphatic rings. The summed E-state index contributed by atoms with van der Waals surface area (Å²) in [5.74, 6) is -0.130. The summed E-state index contributed by atoms with van der Waals surface area (Å²) in [6.07, 6.45) is 5.10. The highest BCUT2D eigenvalue weighted by Crippen LogP contribution is 2.31. The van der Waals surface area contributed by atoms with Crippen LogP contribution in [-0.2, 0) is 9.53 Å². The molecule has 2 heterocycles. The van der Waals surface area contributed by atoms with Crippen LogP contribution < -0.4 is 5.32 Å². The molecule has 4 rings (SSSR count). The van der Waals surface area contributed by atoms with Crippen LogP contribution >= 0.6 is 11.8 Å². The molecule has 1 atom stereocenters. The molecule has 1 aliphatic carbocycles. The molecule has 138 valence electrons. The molecule has 0 unspecified atom stereocenters. The fourth-order valence-corrected chi connectivity index (χ4v) is 4.62. The number of H-pyrrole nitrogens is 1. The van der Waals surface area contributed by atoms with E-state index in [0.29, 0.717) is 12.6 Å². The third-order valence-corrected chi connectivity index (χ3v) is 6.00. The van der Waals surface area contributed by atoms with Crippen LogP contribution in [0.15, 0.2) is 29.3 Å². The van der Waals surface area contributed by atoms with Crippen molar-refractivity contribution in [3.05, 3.63) is 30.0 Å². The number of carboxylic acid groups (broad SMARTS) is 1. The van der Waals surface area contributed by atoms with Crippen molar-refractivity contribution in [2.45, 2.75) is 37.8 Å². The van der Waals surface area contributed by atoms with Crippen LogP contribution in [0.25, 0.3) is 10.9 Å². The van der Waals surface area contributed by atoms with Gasteiger partial charge in [0.1, 0.15) is 11.7 Å². The molecule has 0 spiro atoms. The van der Waals surface area contributed by atoms with Crippen LogP contribution in [0.3, 0.4) is 0 Å². The Morgan fingerprint density at radius 1 is 1.38 bits per heavy atom.